The Bertz CT molecular complexity index is 613. The molecule has 6 nitrogen and oxygen atoms in total. The van der Waals surface area contributed by atoms with E-state index in [9.17, 15) is 9.59 Å². The van der Waals surface area contributed by atoms with Crippen molar-refractivity contribution in [3.05, 3.63) is 35.9 Å². The van der Waals surface area contributed by atoms with Gasteiger partial charge in [-0.25, -0.2) is 9.80 Å². The number of nitrogens with one attached hydrogen (secondary N) is 1. The minimum Gasteiger partial charge on any atom is -0.464 e. The van der Waals surface area contributed by atoms with Gasteiger partial charge in [-0.1, -0.05) is 44.2 Å². The van der Waals surface area contributed by atoms with E-state index in [4.69, 9.17) is 4.74 Å². The number of carbonyl (C=O) groups is 2. The molecule has 0 aliphatic carbocycles. The highest BCUT2D eigenvalue weighted by Crippen LogP contribution is 2.18. The Morgan fingerprint density at radius 1 is 1.29 bits per heavy atom. The average Bonchev–Trinajstić information content (AvgIpc) is 2.56. The van der Waals surface area contributed by atoms with Gasteiger partial charge >= 0.3 is 5.97 Å². The van der Waals surface area contributed by atoms with Crippen molar-refractivity contribution in [2.24, 2.45) is 10.9 Å². The summed E-state index contributed by atoms with van der Waals surface area (Å²) in [6.45, 7) is 7.77. The fourth-order valence-corrected chi connectivity index (χ4v) is 2.56. The van der Waals surface area contributed by atoms with E-state index < -0.39 is 18.1 Å². The van der Waals surface area contributed by atoms with Crippen LogP contribution in [0.25, 0.3) is 0 Å². The van der Waals surface area contributed by atoms with Gasteiger partial charge in [-0.3, -0.25) is 15.2 Å². The number of amides is 1. The molecule has 0 radical (unpaired) electrons. The molecular weight excluding hydrogens is 306 g/mol. The Hall–Kier alpha value is -2.37. The predicted molar refractivity (Wildman–Crippen MR) is 92.3 cm³/mol. The lowest BCUT2D eigenvalue weighted by Gasteiger charge is -2.35. The summed E-state index contributed by atoms with van der Waals surface area (Å²) >= 11 is 0. The van der Waals surface area contributed by atoms with E-state index in [1.165, 1.54) is 5.01 Å². The van der Waals surface area contributed by atoms with Crippen LogP contribution in [0.2, 0.25) is 0 Å². The number of rotatable bonds is 6. The standard InChI is InChI=1S/C18H25N3O3/c1-5-24-18(23)13(4)21-17(22)15(11-12(2)3)19-16(20-21)14-9-7-6-8-10-14/h6-10,12-13,15H,5,11H2,1-4H3,(H,19,20)/t13?,15-/m0/s1. The Kier molecular flexibility index (Phi) is 5.95. The molecule has 2 atom stereocenters. The van der Waals surface area contributed by atoms with E-state index in [-0.39, 0.29) is 12.5 Å². The van der Waals surface area contributed by atoms with E-state index in [2.05, 4.69) is 10.4 Å². The molecule has 0 fully saturated rings. The minimum atomic E-state index is -0.721. The molecule has 1 amide bonds. The molecule has 0 saturated heterocycles. The number of hydrogen-bond acceptors (Lipinski definition) is 5. The molecule has 0 spiro atoms. The summed E-state index contributed by atoms with van der Waals surface area (Å²) in [5, 5.41) is 1.35. The molecule has 0 bridgehead atoms. The highest BCUT2D eigenvalue weighted by atomic mass is 16.5. The van der Waals surface area contributed by atoms with Crippen molar-refractivity contribution in [2.75, 3.05) is 6.61 Å². The van der Waals surface area contributed by atoms with Crippen LogP contribution in [-0.2, 0) is 14.3 Å². The zero-order valence-corrected chi connectivity index (χ0v) is 14.7. The molecule has 0 aromatic heterocycles. The summed E-state index contributed by atoms with van der Waals surface area (Å²) < 4.78 is 5.05. The third kappa shape index (κ3) is 4.13. The van der Waals surface area contributed by atoms with Gasteiger partial charge in [0.25, 0.3) is 5.91 Å². The Balaban J connectivity index is 2.32. The van der Waals surface area contributed by atoms with E-state index in [0.717, 1.165) is 5.56 Å². The van der Waals surface area contributed by atoms with Gasteiger partial charge in [0.1, 0.15) is 17.9 Å². The van der Waals surface area contributed by atoms with Crippen molar-refractivity contribution in [1.82, 2.24) is 10.4 Å². The molecule has 1 N–H and O–H groups in total. The van der Waals surface area contributed by atoms with E-state index in [0.29, 0.717) is 18.2 Å². The number of hydrazine groups is 1. The molecule has 0 saturated carbocycles. The van der Waals surface area contributed by atoms with Gasteiger partial charge in [0.05, 0.1) is 6.61 Å². The number of benzene rings is 1. The van der Waals surface area contributed by atoms with Crippen LogP contribution in [0.4, 0.5) is 0 Å². The fraction of sp³-hybridized carbons (Fsp3) is 0.500. The first-order valence-electron chi connectivity index (χ1n) is 8.33. The normalized spacial score (nSPS) is 18.9. The second-order valence-corrected chi connectivity index (χ2v) is 6.24. The van der Waals surface area contributed by atoms with E-state index in [1.807, 2.05) is 44.2 Å². The molecule has 1 aromatic rings. The minimum absolute atomic E-state index is 0.205. The molecule has 1 aromatic carbocycles. The highest BCUT2D eigenvalue weighted by Gasteiger charge is 2.36. The van der Waals surface area contributed by atoms with Crippen molar-refractivity contribution in [1.29, 1.82) is 0 Å². The molecule has 6 heteroatoms. The van der Waals surface area contributed by atoms with Crippen LogP contribution >= 0.6 is 0 Å². The smallest absolute Gasteiger partial charge is 0.330 e. The van der Waals surface area contributed by atoms with Crippen LogP contribution in [0.3, 0.4) is 0 Å². The van der Waals surface area contributed by atoms with E-state index in [1.54, 1.807) is 13.8 Å². The zero-order valence-electron chi connectivity index (χ0n) is 14.7. The number of ether oxygens (including phenoxy) is 1. The van der Waals surface area contributed by atoms with E-state index >= 15 is 0 Å². The average molecular weight is 331 g/mol. The maximum atomic E-state index is 12.7. The van der Waals surface area contributed by atoms with Crippen LogP contribution in [0.15, 0.2) is 35.3 Å². The Morgan fingerprint density at radius 3 is 2.54 bits per heavy atom. The number of carbonyl (C=O) groups excluding carboxylic acids is 2. The number of hydrogen-bond donors (Lipinski definition) is 1. The van der Waals surface area contributed by atoms with Gasteiger partial charge < -0.3 is 4.74 Å². The third-order valence-corrected chi connectivity index (χ3v) is 3.79. The summed E-state index contributed by atoms with van der Waals surface area (Å²) in [5.74, 6) is 0.273. The lowest BCUT2D eigenvalue weighted by Crippen LogP contribution is -2.60. The molecule has 1 aliphatic rings. The van der Waals surface area contributed by atoms with Gasteiger partial charge in [-0.2, -0.15) is 0 Å². The monoisotopic (exact) mass is 331 g/mol. The van der Waals surface area contributed by atoms with Gasteiger partial charge in [-0.15, -0.1) is 0 Å². The quantitative estimate of drug-likeness (QED) is 0.811. The van der Waals surface area contributed by atoms with Crippen molar-refractivity contribution in [3.63, 3.8) is 0 Å². The first kappa shape index (κ1) is 18.0. The number of nitrogens with zero attached hydrogens (tertiary/aromatic N) is 2. The van der Waals surface area contributed by atoms with Crippen molar-refractivity contribution in [2.45, 2.75) is 46.2 Å². The van der Waals surface area contributed by atoms with Crippen LogP contribution < -0.4 is 5.43 Å². The van der Waals surface area contributed by atoms with Crippen molar-refractivity contribution < 1.29 is 14.3 Å². The predicted octanol–water partition coefficient (Wildman–Crippen LogP) is 2.15. The molecule has 2 rings (SSSR count). The highest BCUT2D eigenvalue weighted by molar-refractivity contribution is 6.04. The fourth-order valence-electron chi connectivity index (χ4n) is 2.56. The molecule has 1 unspecified atom stereocenters. The zero-order chi connectivity index (χ0) is 17.7. The maximum Gasteiger partial charge on any atom is 0.330 e. The van der Waals surface area contributed by atoms with Crippen molar-refractivity contribution in [3.8, 4) is 0 Å². The molecular formula is C18H25N3O3. The van der Waals surface area contributed by atoms with Crippen LogP contribution in [0, 0.1) is 5.92 Å². The van der Waals surface area contributed by atoms with Crippen LogP contribution in [0.1, 0.15) is 39.7 Å². The summed E-state index contributed by atoms with van der Waals surface area (Å²) in [4.78, 5) is 29.4. The number of amidine groups is 1. The lowest BCUT2D eigenvalue weighted by atomic mass is 10.0. The second kappa shape index (κ2) is 7.95. The van der Waals surface area contributed by atoms with Gasteiger partial charge in [0, 0.05) is 5.56 Å². The summed E-state index contributed by atoms with van der Waals surface area (Å²) in [5.41, 5.74) is 3.87. The van der Waals surface area contributed by atoms with Gasteiger partial charge in [0.15, 0.2) is 0 Å². The van der Waals surface area contributed by atoms with Crippen LogP contribution in [-0.4, -0.2) is 41.4 Å². The molecule has 1 heterocycles. The molecule has 24 heavy (non-hydrogen) atoms. The van der Waals surface area contributed by atoms with Crippen molar-refractivity contribution >= 4 is 17.7 Å². The first-order chi connectivity index (χ1) is 11.4. The summed E-state index contributed by atoms with van der Waals surface area (Å²) in [6, 6.07) is 8.35. The summed E-state index contributed by atoms with van der Waals surface area (Å²) in [7, 11) is 0. The van der Waals surface area contributed by atoms with Gasteiger partial charge in [-0.05, 0) is 26.2 Å². The number of aliphatic imine (C=N–C) groups is 1. The number of esters is 1. The molecule has 1 aliphatic heterocycles. The molecule has 130 valence electrons. The first-order valence-corrected chi connectivity index (χ1v) is 8.33. The SMILES string of the molecule is CCOC(=O)C(C)N1NC(c2ccccc2)=N[C@@H](CC(C)C)C1=O. The van der Waals surface area contributed by atoms with Gasteiger partial charge in [0.2, 0.25) is 0 Å². The largest absolute Gasteiger partial charge is 0.464 e. The Labute approximate surface area is 142 Å². The topological polar surface area (TPSA) is 71.0 Å². The lowest BCUT2D eigenvalue weighted by molar-refractivity contribution is -0.156. The second-order valence-electron chi connectivity index (χ2n) is 6.24. The maximum absolute atomic E-state index is 12.7. The van der Waals surface area contributed by atoms with Crippen LogP contribution in [0.5, 0.6) is 0 Å². The third-order valence-electron chi connectivity index (χ3n) is 3.79. The Morgan fingerprint density at radius 2 is 1.96 bits per heavy atom. The summed E-state index contributed by atoms with van der Waals surface area (Å²) in [6.07, 6.45) is 0.628.